The molecule has 33 heavy (non-hydrogen) atoms. The van der Waals surface area contributed by atoms with Crippen molar-refractivity contribution in [3.8, 4) is 0 Å². The maximum Gasteiger partial charge on any atom is 0.276 e. The van der Waals surface area contributed by atoms with Crippen molar-refractivity contribution in [3.05, 3.63) is 71.8 Å². The number of aromatic amines is 1. The summed E-state index contributed by atoms with van der Waals surface area (Å²) >= 11 is 0. The zero-order valence-corrected chi connectivity index (χ0v) is 18.2. The number of pyridine rings is 1. The summed E-state index contributed by atoms with van der Waals surface area (Å²) in [7, 11) is 0. The number of amides is 1. The molecule has 1 saturated heterocycles. The number of nitrogens with one attached hydrogen (secondary N) is 2. The second-order valence-electron chi connectivity index (χ2n) is 8.06. The van der Waals surface area contributed by atoms with Crippen LogP contribution in [0.25, 0.3) is 16.5 Å². The first-order valence-electron chi connectivity index (χ1n) is 10.5. The number of anilines is 1. The monoisotopic (exact) mass is 450 g/mol. The minimum Gasteiger partial charge on any atom is -0.319 e. The van der Waals surface area contributed by atoms with E-state index in [4.69, 9.17) is 0 Å². The summed E-state index contributed by atoms with van der Waals surface area (Å²) in [6.07, 6.45) is 6.54. The van der Waals surface area contributed by atoms with Crippen molar-refractivity contribution in [1.82, 2.24) is 20.1 Å². The summed E-state index contributed by atoms with van der Waals surface area (Å²) in [4.78, 5) is 22.3. The lowest BCUT2D eigenvalue weighted by Gasteiger charge is -2.16. The van der Waals surface area contributed by atoms with Gasteiger partial charge in [-0.15, -0.1) is 0 Å². The van der Waals surface area contributed by atoms with E-state index in [1.54, 1.807) is 35.6 Å². The lowest BCUT2D eigenvalue weighted by atomic mass is 10.0. The number of rotatable bonds is 7. The fourth-order valence-corrected chi connectivity index (χ4v) is 3.86. The van der Waals surface area contributed by atoms with E-state index in [1.807, 2.05) is 31.2 Å². The molecule has 0 unspecified atom stereocenters. The number of alkyl halides is 2. The van der Waals surface area contributed by atoms with E-state index in [0.717, 1.165) is 22.2 Å². The number of carbonyl (C=O) groups is 1. The van der Waals surface area contributed by atoms with Crippen LogP contribution in [-0.4, -0.2) is 58.3 Å². The maximum atomic E-state index is 13.6. The molecule has 0 atom stereocenters. The zero-order valence-electron chi connectivity index (χ0n) is 18.2. The molecule has 0 bridgehead atoms. The number of hydrogen-bond acceptors (Lipinski definition) is 5. The highest BCUT2D eigenvalue weighted by Crippen LogP contribution is 2.28. The highest BCUT2D eigenvalue weighted by atomic mass is 19.3. The van der Waals surface area contributed by atoms with Gasteiger partial charge in [-0.3, -0.25) is 24.8 Å². The van der Waals surface area contributed by atoms with Crippen LogP contribution in [0.15, 0.2) is 65.6 Å². The highest BCUT2D eigenvalue weighted by molar-refractivity contribution is 6.11. The quantitative estimate of drug-likeness (QED) is 0.409. The van der Waals surface area contributed by atoms with E-state index in [9.17, 15) is 13.6 Å². The molecule has 1 aromatic carbocycles. The molecular formula is C24H24F2N6O. The predicted molar refractivity (Wildman–Crippen MR) is 126 cm³/mol. The molecule has 1 amide bonds. The molecule has 4 rings (SSSR count). The first kappa shape index (κ1) is 22.5. The summed E-state index contributed by atoms with van der Waals surface area (Å²) in [6, 6.07) is 9.13. The van der Waals surface area contributed by atoms with Gasteiger partial charge in [0.2, 0.25) is 0 Å². The molecule has 0 radical (unpaired) electrons. The number of allylic oxidation sites excluding steroid dienone is 1. The van der Waals surface area contributed by atoms with Gasteiger partial charge < -0.3 is 5.32 Å². The summed E-state index contributed by atoms with van der Waals surface area (Å²) in [5.41, 5.74) is 4.13. The van der Waals surface area contributed by atoms with Gasteiger partial charge in [-0.25, -0.2) is 8.78 Å². The van der Waals surface area contributed by atoms with Crippen molar-refractivity contribution < 1.29 is 13.6 Å². The van der Waals surface area contributed by atoms with E-state index in [1.165, 1.54) is 0 Å². The minimum atomic E-state index is -2.65. The van der Waals surface area contributed by atoms with Gasteiger partial charge in [0.25, 0.3) is 11.8 Å². The van der Waals surface area contributed by atoms with Crippen molar-refractivity contribution in [2.24, 2.45) is 4.99 Å². The average Bonchev–Trinajstić information content (AvgIpc) is 3.36. The minimum absolute atomic E-state index is 0.133. The van der Waals surface area contributed by atoms with Crippen LogP contribution >= 0.6 is 0 Å². The third kappa shape index (κ3) is 5.38. The molecule has 2 N–H and O–H groups in total. The Kier molecular flexibility index (Phi) is 6.41. The molecule has 3 heterocycles. The van der Waals surface area contributed by atoms with Crippen molar-refractivity contribution in [3.63, 3.8) is 0 Å². The predicted octanol–water partition coefficient (Wildman–Crippen LogP) is 4.54. The van der Waals surface area contributed by atoms with Crippen LogP contribution in [0.3, 0.4) is 0 Å². The lowest BCUT2D eigenvalue weighted by molar-refractivity contribution is 0.0131. The molecular weight excluding hydrogens is 426 g/mol. The second kappa shape index (κ2) is 9.41. The summed E-state index contributed by atoms with van der Waals surface area (Å²) in [5.74, 6) is -3.00. The molecule has 1 aliphatic rings. The van der Waals surface area contributed by atoms with Crippen molar-refractivity contribution >= 4 is 34.8 Å². The summed E-state index contributed by atoms with van der Waals surface area (Å²) < 4.78 is 27.1. The van der Waals surface area contributed by atoms with Gasteiger partial charge in [0.15, 0.2) is 5.69 Å². The number of fused-ring (bicyclic) bond motifs is 1. The molecule has 170 valence electrons. The molecule has 9 heteroatoms. The first-order chi connectivity index (χ1) is 15.8. The number of nitrogens with zero attached hydrogens (tertiary/aromatic N) is 4. The van der Waals surface area contributed by atoms with Crippen LogP contribution in [0.4, 0.5) is 14.5 Å². The Morgan fingerprint density at radius 2 is 2.24 bits per heavy atom. The van der Waals surface area contributed by atoms with Crippen LogP contribution < -0.4 is 5.32 Å². The fraction of sp³-hybridized carbons (Fsp3) is 0.250. The van der Waals surface area contributed by atoms with Crippen LogP contribution in [0.1, 0.15) is 29.4 Å². The van der Waals surface area contributed by atoms with E-state index in [0.29, 0.717) is 24.2 Å². The Labute approximate surface area is 189 Å². The molecule has 3 aromatic rings. The average molecular weight is 450 g/mol. The van der Waals surface area contributed by atoms with Gasteiger partial charge in [0, 0.05) is 37.3 Å². The summed E-state index contributed by atoms with van der Waals surface area (Å²) in [6.45, 7) is 5.86. The van der Waals surface area contributed by atoms with Gasteiger partial charge in [-0.1, -0.05) is 12.1 Å². The molecule has 7 nitrogen and oxygen atoms in total. The Morgan fingerprint density at radius 3 is 2.94 bits per heavy atom. The van der Waals surface area contributed by atoms with Gasteiger partial charge in [-0.2, -0.15) is 5.10 Å². The SMILES string of the molecule is C=N/C=C(\C=C(/C)c1ccc2[nH]nc(C(=O)Nc3cccnc3)c2c1)CN1CCC(F)(F)C1. The number of aliphatic imine (C=N–C) groups is 1. The Balaban J connectivity index is 1.57. The topological polar surface area (TPSA) is 86.3 Å². The van der Waals surface area contributed by atoms with Gasteiger partial charge in [0.05, 0.1) is 23.9 Å². The van der Waals surface area contributed by atoms with E-state index in [2.05, 4.69) is 32.2 Å². The largest absolute Gasteiger partial charge is 0.319 e. The summed E-state index contributed by atoms with van der Waals surface area (Å²) in [5, 5.41) is 10.5. The Hall–Kier alpha value is -3.72. The van der Waals surface area contributed by atoms with Crippen molar-refractivity contribution in [2.45, 2.75) is 19.3 Å². The molecule has 0 aliphatic carbocycles. The number of hydrogen-bond donors (Lipinski definition) is 2. The number of carbonyl (C=O) groups excluding carboxylic acids is 1. The third-order valence-electron chi connectivity index (χ3n) is 5.47. The second-order valence-corrected chi connectivity index (χ2v) is 8.06. The number of halogens is 2. The molecule has 0 saturated carbocycles. The molecule has 1 fully saturated rings. The normalized spacial score (nSPS) is 16.8. The van der Waals surface area contributed by atoms with E-state index in [-0.39, 0.29) is 24.6 Å². The van der Waals surface area contributed by atoms with Crippen molar-refractivity contribution in [2.75, 3.05) is 25.0 Å². The molecule has 0 spiro atoms. The zero-order chi connectivity index (χ0) is 23.4. The van der Waals surface area contributed by atoms with Gasteiger partial charge in [0.1, 0.15) is 0 Å². The third-order valence-corrected chi connectivity index (χ3v) is 5.47. The standard InChI is InChI=1S/C24H24F2N6O/c1-16(10-17(12-27-2)14-32-9-7-24(25,26)15-32)18-5-6-21-20(11-18)22(31-30-21)23(33)29-19-4-3-8-28-13-19/h3-6,8,10-13H,2,7,9,14-15H2,1H3,(H,29,33)(H,30,31)/b16-10+,17-12+. The lowest BCUT2D eigenvalue weighted by Crippen LogP contribution is -2.26. The van der Waals surface area contributed by atoms with Crippen LogP contribution in [0, 0.1) is 0 Å². The van der Waals surface area contributed by atoms with Gasteiger partial charge in [-0.05, 0) is 54.6 Å². The first-order valence-corrected chi connectivity index (χ1v) is 10.5. The molecule has 1 aliphatic heterocycles. The number of benzene rings is 1. The Bertz CT molecular complexity index is 1230. The molecule has 2 aromatic heterocycles. The van der Waals surface area contributed by atoms with E-state index >= 15 is 0 Å². The van der Waals surface area contributed by atoms with Crippen LogP contribution in [0.5, 0.6) is 0 Å². The van der Waals surface area contributed by atoms with Gasteiger partial charge >= 0.3 is 0 Å². The highest BCUT2D eigenvalue weighted by Gasteiger charge is 2.38. The fourth-order valence-electron chi connectivity index (χ4n) is 3.86. The maximum absolute atomic E-state index is 13.6. The van der Waals surface area contributed by atoms with Crippen LogP contribution in [0.2, 0.25) is 0 Å². The van der Waals surface area contributed by atoms with Crippen molar-refractivity contribution in [1.29, 1.82) is 0 Å². The number of aromatic nitrogens is 3. The van der Waals surface area contributed by atoms with Crippen LogP contribution in [-0.2, 0) is 0 Å². The number of H-pyrrole nitrogens is 1. The number of likely N-dealkylation sites (tertiary alicyclic amines) is 1. The Morgan fingerprint density at radius 1 is 1.39 bits per heavy atom. The van der Waals surface area contributed by atoms with E-state index < -0.39 is 5.92 Å². The smallest absolute Gasteiger partial charge is 0.276 e.